The molecule has 3 aromatic rings. The molecule has 0 aliphatic heterocycles. The SMILES string of the molecule is CCc1ccccc1NC(C)c1cccc(-n2cnnn2)c1. The van der Waals surface area contributed by atoms with E-state index in [2.05, 4.69) is 71.1 Å². The number of benzene rings is 2. The molecule has 1 atom stereocenters. The number of aryl methyl sites for hydroxylation is 1. The monoisotopic (exact) mass is 293 g/mol. The van der Waals surface area contributed by atoms with Gasteiger partial charge in [0.1, 0.15) is 6.33 Å². The van der Waals surface area contributed by atoms with E-state index in [4.69, 9.17) is 0 Å². The lowest BCUT2D eigenvalue weighted by Crippen LogP contribution is -2.09. The maximum atomic E-state index is 3.93. The first kappa shape index (κ1) is 14.3. The molecule has 5 nitrogen and oxygen atoms in total. The molecule has 112 valence electrons. The summed E-state index contributed by atoms with van der Waals surface area (Å²) in [6.07, 6.45) is 2.62. The Morgan fingerprint density at radius 2 is 2.00 bits per heavy atom. The Labute approximate surface area is 130 Å². The fourth-order valence-corrected chi connectivity index (χ4v) is 2.50. The zero-order valence-electron chi connectivity index (χ0n) is 12.8. The van der Waals surface area contributed by atoms with E-state index >= 15 is 0 Å². The Hall–Kier alpha value is -2.69. The molecule has 1 heterocycles. The van der Waals surface area contributed by atoms with Crippen LogP contribution in [0.1, 0.15) is 31.0 Å². The summed E-state index contributed by atoms with van der Waals surface area (Å²) in [6.45, 7) is 4.33. The van der Waals surface area contributed by atoms with Crippen molar-refractivity contribution in [2.75, 3.05) is 5.32 Å². The number of nitrogens with zero attached hydrogens (tertiary/aromatic N) is 4. The largest absolute Gasteiger partial charge is 0.378 e. The highest BCUT2D eigenvalue weighted by atomic mass is 15.5. The summed E-state index contributed by atoms with van der Waals surface area (Å²) in [5.74, 6) is 0. The van der Waals surface area contributed by atoms with Gasteiger partial charge in [0.15, 0.2) is 0 Å². The molecular weight excluding hydrogens is 274 g/mol. The predicted molar refractivity (Wildman–Crippen MR) is 87.0 cm³/mol. The topological polar surface area (TPSA) is 55.6 Å². The van der Waals surface area contributed by atoms with Crippen molar-refractivity contribution in [2.45, 2.75) is 26.3 Å². The van der Waals surface area contributed by atoms with Gasteiger partial charge in [0.2, 0.25) is 0 Å². The van der Waals surface area contributed by atoms with Crippen LogP contribution in [0.25, 0.3) is 5.69 Å². The predicted octanol–water partition coefficient (Wildman–Crippen LogP) is 3.40. The molecule has 3 rings (SSSR count). The molecule has 2 aromatic carbocycles. The van der Waals surface area contributed by atoms with Crippen LogP contribution in [-0.4, -0.2) is 20.2 Å². The van der Waals surface area contributed by atoms with Crippen LogP contribution in [0.5, 0.6) is 0 Å². The minimum atomic E-state index is 0.198. The van der Waals surface area contributed by atoms with Crippen LogP contribution in [0.15, 0.2) is 54.9 Å². The molecule has 22 heavy (non-hydrogen) atoms. The summed E-state index contributed by atoms with van der Waals surface area (Å²) >= 11 is 0. The smallest absolute Gasteiger partial charge is 0.143 e. The highest BCUT2D eigenvalue weighted by Crippen LogP contribution is 2.23. The summed E-state index contributed by atoms with van der Waals surface area (Å²) < 4.78 is 1.66. The number of hydrogen-bond acceptors (Lipinski definition) is 4. The molecule has 0 saturated carbocycles. The highest BCUT2D eigenvalue weighted by molar-refractivity contribution is 5.53. The molecule has 5 heteroatoms. The van der Waals surface area contributed by atoms with Crippen molar-refractivity contribution in [1.29, 1.82) is 0 Å². The maximum absolute atomic E-state index is 3.93. The average molecular weight is 293 g/mol. The zero-order valence-corrected chi connectivity index (χ0v) is 12.8. The minimum Gasteiger partial charge on any atom is -0.378 e. The number of aromatic nitrogens is 4. The van der Waals surface area contributed by atoms with Gasteiger partial charge < -0.3 is 5.32 Å². The second kappa shape index (κ2) is 6.39. The van der Waals surface area contributed by atoms with E-state index in [1.54, 1.807) is 11.0 Å². The fourth-order valence-electron chi connectivity index (χ4n) is 2.50. The zero-order chi connectivity index (χ0) is 15.4. The summed E-state index contributed by atoms with van der Waals surface area (Å²) in [4.78, 5) is 0. The van der Waals surface area contributed by atoms with E-state index in [9.17, 15) is 0 Å². The molecule has 0 spiro atoms. The van der Waals surface area contributed by atoms with Gasteiger partial charge in [0, 0.05) is 11.7 Å². The van der Waals surface area contributed by atoms with Crippen molar-refractivity contribution >= 4 is 5.69 Å². The standard InChI is InChI=1S/C17H19N5/c1-3-14-7-4-5-10-17(14)19-13(2)15-8-6-9-16(11-15)22-12-18-20-21-22/h4-13,19H,3H2,1-2H3. The number of para-hydroxylation sites is 1. The Morgan fingerprint density at radius 1 is 1.14 bits per heavy atom. The molecule has 0 amide bonds. The Morgan fingerprint density at radius 3 is 2.77 bits per heavy atom. The van der Waals surface area contributed by atoms with E-state index in [-0.39, 0.29) is 6.04 Å². The lowest BCUT2D eigenvalue weighted by Gasteiger charge is -2.18. The van der Waals surface area contributed by atoms with E-state index in [1.165, 1.54) is 16.8 Å². The van der Waals surface area contributed by atoms with Crippen LogP contribution < -0.4 is 5.32 Å². The lowest BCUT2D eigenvalue weighted by atomic mass is 10.1. The number of hydrogen-bond donors (Lipinski definition) is 1. The van der Waals surface area contributed by atoms with Gasteiger partial charge in [-0.05, 0) is 53.1 Å². The average Bonchev–Trinajstić information content (AvgIpc) is 3.10. The van der Waals surface area contributed by atoms with Crippen LogP contribution in [0.3, 0.4) is 0 Å². The van der Waals surface area contributed by atoms with Gasteiger partial charge in [-0.15, -0.1) is 5.10 Å². The normalized spacial score (nSPS) is 12.1. The number of anilines is 1. The van der Waals surface area contributed by atoms with Crippen molar-refractivity contribution in [3.8, 4) is 5.69 Å². The third-order valence-electron chi connectivity index (χ3n) is 3.75. The van der Waals surface area contributed by atoms with Crippen molar-refractivity contribution in [3.63, 3.8) is 0 Å². The molecule has 0 aliphatic rings. The van der Waals surface area contributed by atoms with Gasteiger partial charge in [0.25, 0.3) is 0 Å². The van der Waals surface area contributed by atoms with E-state index in [1.807, 2.05) is 12.1 Å². The van der Waals surface area contributed by atoms with E-state index in [0.29, 0.717) is 0 Å². The molecule has 1 N–H and O–H groups in total. The first-order valence-corrected chi connectivity index (χ1v) is 7.45. The van der Waals surface area contributed by atoms with Gasteiger partial charge >= 0.3 is 0 Å². The van der Waals surface area contributed by atoms with Gasteiger partial charge in [-0.25, -0.2) is 4.68 Å². The molecule has 1 aromatic heterocycles. The molecular formula is C17H19N5. The first-order chi connectivity index (χ1) is 10.8. The Bertz CT molecular complexity index is 736. The summed E-state index contributed by atoms with van der Waals surface area (Å²) in [7, 11) is 0. The number of rotatable bonds is 5. The third-order valence-corrected chi connectivity index (χ3v) is 3.75. The minimum absolute atomic E-state index is 0.198. The molecule has 0 bridgehead atoms. The van der Waals surface area contributed by atoms with E-state index in [0.717, 1.165) is 12.1 Å². The van der Waals surface area contributed by atoms with E-state index < -0.39 is 0 Å². The highest BCUT2D eigenvalue weighted by Gasteiger charge is 2.09. The van der Waals surface area contributed by atoms with Crippen LogP contribution in [0, 0.1) is 0 Å². The molecule has 0 aliphatic carbocycles. The van der Waals surface area contributed by atoms with Crippen LogP contribution >= 0.6 is 0 Å². The molecule has 1 unspecified atom stereocenters. The number of nitrogens with one attached hydrogen (secondary N) is 1. The Balaban J connectivity index is 1.83. The third kappa shape index (κ3) is 2.98. The number of tetrazole rings is 1. The van der Waals surface area contributed by atoms with Gasteiger partial charge in [-0.3, -0.25) is 0 Å². The summed E-state index contributed by atoms with van der Waals surface area (Å²) in [5, 5.41) is 14.9. The van der Waals surface area contributed by atoms with Gasteiger partial charge in [-0.2, -0.15) is 0 Å². The maximum Gasteiger partial charge on any atom is 0.143 e. The van der Waals surface area contributed by atoms with Crippen LogP contribution in [-0.2, 0) is 6.42 Å². The molecule has 0 fully saturated rings. The molecule has 0 saturated heterocycles. The van der Waals surface area contributed by atoms with Crippen molar-refractivity contribution < 1.29 is 0 Å². The van der Waals surface area contributed by atoms with Crippen LogP contribution in [0.2, 0.25) is 0 Å². The van der Waals surface area contributed by atoms with Gasteiger partial charge in [-0.1, -0.05) is 37.3 Å². The summed E-state index contributed by atoms with van der Waals surface area (Å²) in [5.41, 5.74) is 4.66. The first-order valence-electron chi connectivity index (χ1n) is 7.45. The van der Waals surface area contributed by atoms with Crippen molar-refractivity contribution in [3.05, 3.63) is 66.0 Å². The second-order valence-corrected chi connectivity index (χ2v) is 5.23. The van der Waals surface area contributed by atoms with Crippen LogP contribution in [0.4, 0.5) is 5.69 Å². The summed E-state index contributed by atoms with van der Waals surface area (Å²) in [6, 6.07) is 16.8. The van der Waals surface area contributed by atoms with Crippen molar-refractivity contribution in [2.24, 2.45) is 0 Å². The Kier molecular flexibility index (Phi) is 4.14. The van der Waals surface area contributed by atoms with Gasteiger partial charge in [0.05, 0.1) is 5.69 Å². The quantitative estimate of drug-likeness (QED) is 0.783. The van der Waals surface area contributed by atoms with Crippen molar-refractivity contribution in [1.82, 2.24) is 20.2 Å². The molecule has 0 radical (unpaired) electrons. The lowest BCUT2D eigenvalue weighted by molar-refractivity contribution is 0.784. The second-order valence-electron chi connectivity index (χ2n) is 5.23. The fraction of sp³-hybridized carbons (Fsp3) is 0.235.